The van der Waals surface area contributed by atoms with Crippen LogP contribution in [0, 0.1) is 13.8 Å². The zero-order valence-electron chi connectivity index (χ0n) is 15.8. The summed E-state index contributed by atoms with van der Waals surface area (Å²) in [6, 6.07) is 8.28. The summed E-state index contributed by atoms with van der Waals surface area (Å²) in [4.78, 5) is 41.3. The first-order valence-corrected chi connectivity index (χ1v) is 9.53. The number of nitrogens with zero attached hydrogens (tertiary/aromatic N) is 1. The third-order valence-electron chi connectivity index (χ3n) is 4.93. The number of methoxy groups -OCH3 is 1. The van der Waals surface area contributed by atoms with Crippen LogP contribution in [0.25, 0.3) is 0 Å². The van der Waals surface area contributed by atoms with Crippen molar-refractivity contribution in [2.24, 2.45) is 0 Å². The van der Waals surface area contributed by atoms with Gasteiger partial charge < -0.3 is 10.1 Å². The van der Waals surface area contributed by atoms with Gasteiger partial charge in [-0.3, -0.25) is 14.5 Å². The highest BCUT2D eigenvalue weighted by atomic mass is 32.1. The molecule has 1 atom stereocenters. The van der Waals surface area contributed by atoms with Gasteiger partial charge in [-0.1, -0.05) is 19.1 Å². The number of nitrogens with one attached hydrogen (secondary N) is 1. The Labute approximate surface area is 162 Å². The van der Waals surface area contributed by atoms with Crippen LogP contribution in [0.1, 0.15) is 39.0 Å². The van der Waals surface area contributed by atoms with Crippen molar-refractivity contribution >= 4 is 29.1 Å². The molecule has 0 aliphatic carbocycles. The number of carbonyl (C=O) groups is 3. The maximum atomic E-state index is 13.1. The van der Waals surface area contributed by atoms with Crippen molar-refractivity contribution in [2.75, 3.05) is 13.7 Å². The molecule has 1 aliphatic heterocycles. The molecular weight excluding hydrogens is 364 g/mol. The molecule has 2 aromatic rings. The number of hydrogen-bond donors (Lipinski definition) is 1. The smallest absolute Gasteiger partial charge is 0.325 e. The largest absolute Gasteiger partial charge is 0.497 e. The van der Waals surface area contributed by atoms with E-state index >= 15 is 0 Å². The van der Waals surface area contributed by atoms with Gasteiger partial charge in [0, 0.05) is 15.3 Å². The predicted octanol–water partition coefficient (Wildman–Crippen LogP) is 3.41. The van der Waals surface area contributed by atoms with Crippen LogP contribution in [0.15, 0.2) is 30.3 Å². The van der Waals surface area contributed by atoms with Crippen LogP contribution in [0.2, 0.25) is 0 Å². The molecule has 7 heteroatoms. The van der Waals surface area contributed by atoms with Crippen LogP contribution in [0.3, 0.4) is 0 Å². The number of Topliss-reactive ketones (excluding diaryl/α,β-unsaturated/α-hetero) is 1. The number of amides is 3. The Morgan fingerprint density at radius 1 is 1.22 bits per heavy atom. The SMILES string of the molecule is CC[C@@]1(c2ccc(OC)cc2)NC(=O)N(CC(=O)c2cc(C)sc2C)C1=O. The van der Waals surface area contributed by atoms with Crippen molar-refractivity contribution in [1.29, 1.82) is 0 Å². The summed E-state index contributed by atoms with van der Waals surface area (Å²) in [5.41, 5.74) is 0.0710. The molecule has 1 fully saturated rings. The number of thiophene rings is 1. The van der Waals surface area contributed by atoms with E-state index in [4.69, 9.17) is 4.74 Å². The van der Waals surface area contributed by atoms with E-state index in [0.29, 0.717) is 23.3 Å². The van der Waals surface area contributed by atoms with Gasteiger partial charge in [-0.25, -0.2) is 4.79 Å². The van der Waals surface area contributed by atoms with Crippen LogP contribution < -0.4 is 10.1 Å². The van der Waals surface area contributed by atoms with E-state index in [-0.39, 0.29) is 12.3 Å². The Morgan fingerprint density at radius 2 is 1.89 bits per heavy atom. The van der Waals surface area contributed by atoms with Gasteiger partial charge in [0.1, 0.15) is 11.3 Å². The second-order valence-corrected chi connectivity index (χ2v) is 8.02. The summed E-state index contributed by atoms with van der Waals surface area (Å²) in [6.45, 7) is 5.36. The normalized spacial score (nSPS) is 19.3. The Balaban J connectivity index is 1.88. The van der Waals surface area contributed by atoms with E-state index in [1.54, 1.807) is 37.4 Å². The number of hydrogen-bond acceptors (Lipinski definition) is 5. The molecule has 0 radical (unpaired) electrons. The van der Waals surface area contributed by atoms with Gasteiger partial charge in [0.2, 0.25) is 0 Å². The number of aryl methyl sites for hydroxylation is 2. The fourth-order valence-electron chi connectivity index (χ4n) is 3.42. The minimum Gasteiger partial charge on any atom is -0.497 e. The topological polar surface area (TPSA) is 75.7 Å². The Bertz CT molecular complexity index is 903. The van der Waals surface area contributed by atoms with E-state index in [9.17, 15) is 14.4 Å². The van der Waals surface area contributed by atoms with E-state index in [1.807, 2.05) is 20.8 Å². The number of carbonyl (C=O) groups excluding carboxylic acids is 3. The van der Waals surface area contributed by atoms with Crippen molar-refractivity contribution in [1.82, 2.24) is 10.2 Å². The molecule has 1 aromatic carbocycles. The minimum atomic E-state index is -1.16. The zero-order valence-corrected chi connectivity index (χ0v) is 16.6. The lowest BCUT2D eigenvalue weighted by atomic mass is 9.87. The third kappa shape index (κ3) is 3.23. The number of ether oxygens (including phenoxy) is 1. The summed E-state index contributed by atoms with van der Waals surface area (Å²) in [5.74, 6) is 0.0252. The van der Waals surface area contributed by atoms with Crippen LogP contribution in [-0.2, 0) is 10.3 Å². The monoisotopic (exact) mass is 386 g/mol. The second-order valence-electron chi connectivity index (χ2n) is 6.56. The predicted molar refractivity (Wildman–Crippen MR) is 103 cm³/mol. The van der Waals surface area contributed by atoms with Gasteiger partial charge in [0.25, 0.3) is 5.91 Å². The maximum Gasteiger partial charge on any atom is 0.325 e. The average molecular weight is 386 g/mol. The lowest BCUT2D eigenvalue weighted by Crippen LogP contribution is -2.43. The minimum absolute atomic E-state index is 0.234. The first kappa shape index (κ1) is 19.1. The molecule has 0 saturated carbocycles. The Hall–Kier alpha value is -2.67. The van der Waals surface area contributed by atoms with Crippen LogP contribution in [0.4, 0.5) is 4.79 Å². The van der Waals surface area contributed by atoms with E-state index in [2.05, 4.69) is 5.32 Å². The highest BCUT2D eigenvalue weighted by Crippen LogP contribution is 2.33. The second kappa shape index (κ2) is 7.15. The lowest BCUT2D eigenvalue weighted by Gasteiger charge is -2.26. The van der Waals surface area contributed by atoms with Crippen molar-refractivity contribution in [3.8, 4) is 5.75 Å². The average Bonchev–Trinajstić information content (AvgIpc) is 3.12. The van der Waals surface area contributed by atoms with Crippen molar-refractivity contribution in [2.45, 2.75) is 32.7 Å². The van der Waals surface area contributed by atoms with Crippen molar-refractivity contribution < 1.29 is 19.1 Å². The molecule has 142 valence electrons. The number of urea groups is 1. The molecule has 3 amide bonds. The van der Waals surface area contributed by atoms with Gasteiger partial charge in [0.15, 0.2) is 5.78 Å². The fraction of sp³-hybridized carbons (Fsp3) is 0.350. The molecule has 1 aromatic heterocycles. The van der Waals surface area contributed by atoms with Gasteiger partial charge >= 0.3 is 6.03 Å². The van der Waals surface area contributed by atoms with Crippen molar-refractivity contribution in [3.05, 3.63) is 51.2 Å². The molecule has 2 heterocycles. The summed E-state index contributed by atoms with van der Waals surface area (Å²) in [6.07, 6.45) is 0.380. The Morgan fingerprint density at radius 3 is 2.41 bits per heavy atom. The van der Waals surface area contributed by atoms with Gasteiger partial charge in [-0.15, -0.1) is 11.3 Å². The van der Waals surface area contributed by atoms with Crippen LogP contribution in [0.5, 0.6) is 5.75 Å². The molecule has 1 aliphatic rings. The Kier molecular flexibility index (Phi) is 5.06. The quantitative estimate of drug-likeness (QED) is 0.610. The molecular formula is C20H22N2O4S. The standard InChI is InChI=1S/C20H22N2O4S/c1-5-20(14-6-8-15(26-4)9-7-14)18(24)22(19(25)21-20)11-17(23)16-10-12(2)27-13(16)3/h6-10H,5,11H2,1-4H3,(H,21,25)/t20-/m0/s1. The van der Waals surface area contributed by atoms with Crippen molar-refractivity contribution in [3.63, 3.8) is 0 Å². The first-order valence-electron chi connectivity index (χ1n) is 8.71. The van der Waals surface area contributed by atoms with E-state index in [1.165, 1.54) is 11.3 Å². The number of benzene rings is 1. The number of rotatable bonds is 6. The molecule has 0 spiro atoms. The number of imide groups is 1. The first-order chi connectivity index (χ1) is 12.8. The van der Waals surface area contributed by atoms with Crippen LogP contribution in [-0.4, -0.2) is 36.3 Å². The molecule has 3 rings (SSSR count). The molecule has 27 heavy (non-hydrogen) atoms. The highest BCUT2D eigenvalue weighted by Gasteiger charge is 2.51. The summed E-state index contributed by atoms with van der Waals surface area (Å²) >= 11 is 1.52. The molecule has 1 N–H and O–H groups in total. The zero-order chi connectivity index (χ0) is 19.8. The summed E-state index contributed by atoms with van der Waals surface area (Å²) < 4.78 is 5.16. The molecule has 1 saturated heterocycles. The fourth-order valence-corrected chi connectivity index (χ4v) is 4.36. The maximum absolute atomic E-state index is 13.1. The van der Waals surface area contributed by atoms with Gasteiger partial charge in [-0.05, 0) is 44.0 Å². The molecule has 0 bridgehead atoms. The number of ketones is 1. The highest BCUT2D eigenvalue weighted by molar-refractivity contribution is 7.12. The third-order valence-corrected chi connectivity index (χ3v) is 5.90. The molecule has 6 nitrogen and oxygen atoms in total. The summed E-state index contributed by atoms with van der Waals surface area (Å²) in [5, 5.41) is 2.79. The van der Waals surface area contributed by atoms with Gasteiger partial charge in [-0.2, -0.15) is 0 Å². The van der Waals surface area contributed by atoms with E-state index < -0.39 is 17.5 Å². The van der Waals surface area contributed by atoms with Crippen LogP contribution >= 0.6 is 11.3 Å². The van der Waals surface area contributed by atoms with Gasteiger partial charge in [0.05, 0.1) is 13.7 Å². The van der Waals surface area contributed by atoms with E-state index in [0.717, 1.165) is 14.7 Å². The summed E-state index contributed by atoms with van der Waals surface area (Å²) in [7, 11) is 1.56. The molecule has 0 unspecified atom stereocenters. The lowest BCUT2D eigenvalue weighted by molar-refractivity contribution is -0.131.